The molecule has 0 atom stereocenters. The molecular weight excluding hydrogens is 544 g/mol. The number of aromatic nitrogens is 4. The molecule has 8 aromatic rings. The van der Waals surface area contributed by atoms with Gasteiger partial charge in [0.15, 0.2) is 0 Å². The molecule has 0 radical (unpaired) electrons. The summed E-state index contributed by atoms with van der Waals surface area (Å²) < 4.78 is 15.7. The maximum atomic E-state index is 5.61. The predicted octanol–water partition coefficient (Wildman–Crippen LogP) is 8.97. The molecular formula is C38H30N4O2. The molecule has 0 saturated carbocycles. The third kappa shape index (κ3) is 3.88. The van der Waals surface area contributed by atoms with Crippen LogP contribution in [0.15, 0.2) is 109 Å². The molecule has 0 aliphatic carbocycles. The summed E-state index contributed by atoms with van der Waals surface area (Å²) in [6.07, 6.45) is 3.72. The van der Waals surface area contributed by atoms with Crippen molar-refractivity contribution in [3.05, 3.63) is 121 Å². The van der Waals surface area contributed by atoms with Crippen molar-refractivity contribution in [3.63, 3.8) is 0 Å². The first-order chi connectivity index (χ1) is 21.6. The van der Waals surface area contributed by atoms with Crippen molar-refractivity contribution in [3.8, 4) is 34.3 Å². The second kappa shape index (κ2) is 9.99. The van der Waals surface area contributed by atoms with Crippen LogP contribution in [-0.2, 0) is 0 Å². The fourth-order valence-electron chi connectivity index (χ4n) is 6.51. The van der Waals surface area contributed by atoms with Gasteiger partial charge < -0.3 is 9.47 Å². The van der Waals surface area contributed by atoms with E-state index in [2.05, 4.69) is 95.8 Å². The lowest BCUT2D eigenvalue weighted by molar-refractivity contribution is 0.415. The van der Waals surface area contributed by atoms with Crippen LogP contribution in [0.25, 0.3) is 66.4 Å². The lowest BCUT2D eigenvalue weighted by atomic mass is 10.1. The van der Waals surface area contributed by atoms with Gasteiger partial charge in [-0.2, -0.15) is 0 Å². The van der Waals surface area contributed by atoms with Crippen molar-refractivity contribution < 1.29 is 9.47 Å². The molecule has 6 heteroatoms. The topological polar surface area (TPSA) is 54.1 Å². The Kier molecular flexibility index (Phi) is 5.91. The lowest BCUT2D eigenvalue weighted by Gasteiger charge is -2.16. The minimum Gasteiger partial charge on any atom is -0.497 e. The molecule has 4 aromatic carbocycles. The van der Waals surface area contributed by atoms with Crippen LogP contribution in [0.5, 0.6) is 11.5 Å². The van der Waals surface area contributed by atoms with Crippen LogP contribution in [0.4, 0.5) is 0 Å². The molecule has 0 aliphatic heterocycles. The second-order valence-electron chi connectivity index (χ2n) is 11.2. The first-order valence-corrected chi connectivity index (χ1v) is 14.6. The van der Waals surface area contributed by atoms with Gasteiger partial charge >= 0.3 is 0 Å². The van der Waals surface area contributed by atoms with Gasteiger partial charge in [-0.1, -0.05) is 23.3 Å². The summed E-state index contributed by atoms with van der Waals surface area (Å²) in [6.45, 7) is 4.25. The number of hydrogen-bond acceptors (Lipinski definition) is 4. The maximum absolute atomic E-state index is 5.61. The van der Waals surface area contributed by atoms with Crippen molar-refractivity contribution in [1.29, 1.82) is 0 Å². The average molecular weight is 575 g/mol. The normalized spacial score (nSPS) is 11.6. The number of pyridine rings is 2. The molecule has 4 heterocycles. The molecule has 6 nitrogen and oxygen atoms in total. The van der Waals surface area contributed by atoms with Gasteiger partial charge in [-0.3, -0.25) is 9.13 Å². The molecule has 44 heavy (non-hydrogen) atoms. The number of rotatable bonds is 5. The van der Waals surface area contributed by atoms with E-state index in [4.69, 9.17) is 19.4 Å². The van der Waals surface area contributed by atoms with E-state index in [1.807, 2.05) is 36.7 Å². The van der Waals surface area contributed by atoms with Gasteiger partial charge in [-0.15, -0.1) is 0 Å². The van der Waals surface area contributed by atoms with Crippen molar-refractivity contribution in [2.75, 3.05) is 14.2 Å². The molecule has 0 spiro atoms. The highest BCUT2D eigenvalue weighted by Gasteiger charge is 2.22. The van der Waals surface area contributed by atoms with Gasteiger partial charge in [0.05, 0.1) is 36.3 Å². The van der Waals surface area contributed by atoms with E-state index >= 15 is 0 Å². The number of fused-ring (bicyclic) bond motifs is 6. The summed E-state index contributed by atoms with van der Waals surface area (Å²) in [5.74, 6) is 3.34. The third-order valence-electron chi connectivity index (χ3n) is 8.54. The Hall–Kier alpha value is -5.62. The van der Waals surface area contributed by atoms with Crippen LogP contribution in [0.1, 0.15) is 11.1 Å². The monoisotopic (exact) mass is 574 g/mol. The van der Waals surface area contributed by atoms with Crippen molar-refractivity contribution in [1.82, 2.24) is 19.1 Å². The summed E-state index contributed by atoms with van der Waals surface area (Å²) in [7, 11) is 3.41. The number of aryl methyl sites for hydroxylation is 2. The van der Waals surface area contributed by atoms with Crippen LogP contribution in [0, 0.1) is 13.8 Å². The quantitative estimate of drug-likeness (QED) is 0.206. The van der Waals surface area contributed by atoms with Crippen LogP contribution in [-0.4, -0.2) is 33.3 Å². The molecule has 8 rings (SSSR count). The molecule has 0 aliphatic rings. The Morgan fingerprint density at radius 2 is 0.864 bits per heavy atom. The Labute approximate surface area is 254 Å². The number of hydrogen-bond donors (Lipinski definition) is 0. The fourth-order valence-corrected chi connectivity index (χ4v) is 6.51. The second-order valence-corrected chi connectivity index (χ2v) is 11.2. The number of benzene rings is 4. The average Bonchev–Trinajstić information content (AvgIpc) is 3.55. The number of methoxy groups -OCH3 is 2. The minimum absolute atomic E-state index is 0.826. The Bertz CT molecular complexity index is 2230. The van der Waals surface area contributed by atoms with E-state index in [-0.39, 0.29) is 0 Å². The molecule has 0 unspecified atom stereocenters. The number of ether oxygens (including phenoxy) is 2. The number of nitrogens with zero attached hydrogens (tertiary/aromatic N) is 4. The maximum Gasteiger partial charge on any atom is 0.145 e. The summed E-state index contributed by atoms with van der Waals surface area (Å²) in [5.41, 5.74) is 8.68. The van der Waals surface area contributed by atoms with Gasteiger partial charge in [0, 0.05) is 45.1 Å². The molecule has 214 valence electrons. The van der Waals surface area contributed by atoms with E-state index in [1.165, 1.54) is 11.1 Å². The largest absolute Gasteiger partial charge is 0.497 e. The van der Waals surface area contributed by atoms with E-state index in [0.717, 1.165) is 77.9 Å². The SMILES string of the molecule is COc1ccc2c(c1)c1cc(C)ccc1n2-c1ncccc1-c1cccnc1-n1c2ccc(C)cc2c2cc(OC)ccc21. The molecule has 0 fully saturated rings. The van der Waals surface area contributed by atoms with Gasteiger partial charge in [0.2, 0.25) is 0 Å². The summed E-state index contributed by atoms with van der Waals surface area (Å²) in [6, 6.07) is 33.9. The van der Waals surface area contributed by atoms with Crippen LogP contribution >= 0.6 is 0 Å². The molecule has 0 amide bonds. The third-order valence-corrected chi connectivity index (χ3v) is 8.54. The van der Waals surface area contributed by atoms with Gasteiger partial charge in [0.1, 0.15) is 23.1 Å². The van der Waals surface area contributed by atoms with Crippen LogP contribution < -0.4 is 9.47 Å². The van der Waals surface area contributed by atoms with Crippen LogP contribution in [0.2, 0.25) is 0 Å². The Balaban J connectivity index is 1.44. The lowest BCUT2D eigenvalue weighted by Crippen LogP contribution is -2.04. The van der Waals surface area contributed by atoms with Gasteiger partial charge in [-0.05, 0) is 98.8 Å². The van der Waals surface area contributed by atoms with Crippen molar-refractivity contribution >= 4 is 43.6 Å². The smallest absolute Gasteiger partial charge is 0.145 e. The molecule has 0 N–H and O–H groups in total. The van der Waals surface area contributed by atoms with E-state index < -0.39 is 0 Å². The zero-order valence-corrected chi connectivity index (χ0v) is 25.0. The molecule has 0 bridgehead atoms. The zero-order valence-electron chi connectivity index (χ0n) is 25.0. The van der Waals surface area contributed by atoms with E-state index in [0.29, 0.717) is 0 Å². The molecule has 0 saturated heterocycles. The fraction of sp³-hybridized carbons (Fsp3) is 0.105. The standard InChI is InChI=1S/C38H30N4O2/c1-23-9-13-33-29(19-23)31-21-25(43-3)11-15-35(31)41(33)37-27(7-5-17-39-37)28-8-6-18-40-38(28)42-34-14-10-24(2)20-30(34)32-22-26(44-4)12-16-36(32)42/h5-22H,1-4H3. The first kappa shape index (κ1) is 26.0. The van der Waals surface area contributed by atoms with Gasteiger partial charge in [0.25, 0.3) is 0 Å². The Morgan fingerprint density at radius 3 is 1.27 bits per heavy atom. The predicted molar refractivity (Wildman–Crippen MR) is 179 cm³/mol. The van der Waals surface area contributed by atoms with Crippen molar-refractivity contribution in [2.24, 2.45) is 0 Å². The summed E-state index contributed by atoms with van der Waals surface area (Å²) >= 11 is 0. The van der Waals surface area contributed by atoms with Crippen molar-refractivity contribution in [2.45, 2.75) is 13.8 Å². The highest BCUT2D eigenvalue weighted by molar-refractivity contribution is 6.11. The first-order valence-electron chi connectivity index (χ1n) is 14.6. The van der Waals surface area contributed by atoms with E-state index in [9.17, 15) is 0 Å². The highest BCUT2D eigenvalue weighted by atomic mass is 16.5. The Morgan fingerprint density at radius 1 is 0.477 bits per heavy atom. The van der Waals surface area contributed by atoms with E-state index in [1.54, 1.807) is 14.2 Å². The summed E-state index contributed by atoms with van der Waals surface area (Å²) in [4.78, 5) is 10.0. The van der Waals surface area contributed by atoms with Crippen LogP contribution in [0.3, 0.4) is 0 Å². The minimum atomic E-state index is 0.826. The van der Waals surface area contributed by atoms with Gasteiger partial charge in [-0.25, -0.2) is 9.97 Å². The zero-order chi connectivity index (χ0) is 29.9. The molecule has 4 aromatic heterocycles. The summed E-state index contributed by atoms with van der Waals surface area (Å²) in [5, 5.41) is 4.57. The highest BCUT2D eigenvalue weighted by Crippen LogP contribution is 2.40.